The van der Waals surface area contributed by atoms with Crippen molar-refractivity contribution < 1.29 is 24.2 Å². The van der Waals surface area contributed by atoms with Crippen LogP contribution in [0.2, 0.25) is 0 Å². The number of carbonyl (C=O) groups is 3. The third kappa shape index (κ3) is 4.13. The molecule has 0 spiro atoms. The Morgan fingerprint density at radius 3 is 2.10 bits per heavy atom. The molecule has 0 saturated heterocycles. The molecule has 3 N–H and O–H groups in total. The number of carbonyl (C=O) groups excluding carboxylic acids is 2. The molecule has 0 aromatic heterocycles. The molecule has 7 nitrogen and oxygen atoms in total. The van der Waals surface area contributed by atoms with Gasteiger partial charge in [-0.3, -0.25) is 9.59 Å². The van der Waals surface area contributed by atoms with Crippen LogP contribution in [0, 0.1) is 5.92 Å². The van der Waals surface area contributed by atoms with Crippen molar-refractivity contribution in [2.75, 3.05) is 6.61 Å². The molecule has 0 bridgehead atoms. The Kier molecular flexibility index (Phi) is 5.43. The summed E-state index contributed by atoms with van der Waals surface area (Å²) in [6.45, 7) is 3.36. The average Bonchev–Trinajstić information content (AvgIpc) is 3.02. The number of carboxylic acids is 1. The van der Waals surface area contributed by atoms with E-state index in [2.05, 4.69) is 22.8 Å². The van der Waals surface area contributed by atoms with Crippen LogP contribution in [0.4, 0.5) is 4.79 Å². The Morgan fingerprint density at radius 2 is 1.55 bits per heavy atom. The number of hydrogen-bond acceptors (Lipinski definition) is 4. The van der Waals surface area contributed by atoms with Crippen molar-refractivity contribution in [2.24, 2.45) is 5.92 Å². The van der Waals surface area contributed by atoms with E-state index in [0.717, 1.165) is 22.3 Å². The molecule has 2 aromatic rings. The summed E-state index contributed by atoms with van der Waals surface area (Å²) in [5, 5.41) is 14.4. The van der Waals surface area contributed by atoms with Gasteiger partial charge in [0.25, 0.3) is 0 Å². The summed E-state index contributed by atoms with van der Waals surface area (Å²) in [6.07, 6.45) is 0.142. The van der Waals surface area contributed by atoms with Crippen LogP contribution in [-0.4, -0.2) is 41.3 Å². The highest BCUT2D eigenvalue weighted by Crippen LogP contribution is 2.44. The van der Waals surface area contributed by atoms with E-state index >= 15 is 0 Å². The van der Waals surface area contributed by atoms with Crippen LogP contribution in [0.25, 0.3) is 11.1 Å². The Labute approximate surface area is 180 Å². The molecule has 0 radical (unpaired) electrons. The summed E-state index contributed by atoms with van der Waals surface area (Å²) in [5.41, 5.74) is 3.34. The molecule has 2 aromatic carbocycles. The van der Waals surface area contributed by atoms with Crippen LogP contribution in [0.15, 0.2) is 48.5 Å². The van der Waals surface area contributed by atoms with Crippen LogP contribution < -0.4 is 10.6 Å². The van der Waals surface area contributed by atoms with E-state index in [0.29, 0.717) is 12.8 Å². The van der Waals surface area contributed by atoms with E-state index in [1.165, 1.54) is 0 Å². The second kappa shape index (κ2) is 8.06. The first kappa shape index (κ1) is 20.9. The summed E-state index contributed by atoms with van der Waals surface area (Å²) in [5.74, 6) is -1.68. The molecular formula is C24H26N2O5. The minimum atomic E-state index is -1.18. The van der Waals surface area contributed by atoms with Gasteiger partial charge < -0.3 is 20.5 Å². The summed E-state index contributed by atoms with van der Waals surface area (Å²) in [4.78, 5) is 35.9. The summed E-state index contributed by atoms with van der Waals surface area (Å²) < 4.78 is 5.51. The number of aliphatic carboxylic acids is 1. The standard InChI is InChI=1S/C24H26N2O5/c1-24(2,22(29)25-15-11-14(12-15)21(27)28)26-23(30)31-13-20-18-9-5-3-7-16(18)17-8-4-6-10-19(17)20/h3-10,14-15,20H,11-13H2,1-2H3,(H,25,29)(H,26,30)(H,27,28). The molecule has 31 heavy (non-hydrogen) atoms. The first-order chi connectivity index (χ1) is 14.8. The predicted molar refractivity (Wildman–Crippen MR) is 115 cm³/mol. The Hall–Kier alpha value is -3.35. The molecule has 0 atom stereocenters. The van der Waals surface area contributed by atoms with E-state index < -0.39 is 23.5 Å². The number of amides is 2. The van der Waals surface area contributed by atoms with Crippen molar-refractivity contribution in [1.82, 2.24) is 10.6 Å². The Balaban J connectivity index is 1.34. The highest BCUT2D eigenvalue weighted by atomic mass is 16.5. The first-order valence-corrected chi connectivity index (χ1v) is 10.4. The fraction of sp³-hybridized carbons (Fsp3) is 0.375. The van der Waals surface area contributed by atoms with Crippen LogP contribution in [0.3, 0.4) is 0 Å². The number of fused-ring (bicyclic) bond motifs is 3. The number of rotatable bonds is 6. The summed E-state index contributed by atoms with van der Waals surface area (Å²) >= 11 is 0. The van der Waals surface area contributed by atoms with Crippen molar-refractivity contribution in [3.63, 3.8) is 0 Å². The fourth-order valence-electron chi connectivity index (χ4n) is 4.25. The average molecular weight is 422 g/mol. The molecule has 7 heteroatoms. The maximum atomic E-state index is 12.5. The third-order valence-corrected chi connectivity index (χ3v) is 6.15. The van der Waals surface area contributed by atoms with Gasteiger partial charge in [0.15, 0.2) is 0 Å². The molecule has 0 heterocycles. The number of nitrogens with one attached hydrogen (secondary N) is 2. The normalized spacial score (nSPS) is 19.5. The third-order valence-electron chi connectivity index (χ3n) is 6.15. The lowest BCUT2D eigenvalue weighted by atomic mass is 9.80. The molecule has 162 valence electrons. The highest BCUT2D eigenvalue weighted by molar-refractivity contribution is 5.89. The van der Waals surface area contributed by atoms with Gasteiger partial charge in [0.1, 0.15) is 12.1 Å². The van der Waals surface area contributed by atoms with Gasteiger partial charge in [0.2, 0.25) is 5.91 Å². The zero-order chi connectivity index (χ0) is 22.2. The first-order valence-electron chi connectivity index (χ1n) is 10.4. The molecule has 1 fully saturated rings. The highest BCUT2D eigenvalue weighted by Gasteiger charge is 2.39. The van der Waals surface area contributed by atoms with Crippen molar-refractivity contribution in [3.05, 3.63) is 59.7 Å². The smallest absolute Gasteiger partial charge is 0.408 e. The molecule has 1 saturated carbocycles. The predicted octanol–water partition coefficient (Wildman–Crippen LogP) is 3.28. The molecule has 0 aliphatic heterocycles. The monoisotopic (exact) mass is 422 g/mol. The number of alkyl carbamates (subject to hydrolysis) is 1. The van der Waals surface area contributed by atoms with E-state index in [9.17, 15) is 14.4 Å². The SMILES string of the molecule is CC(C)(NC(=O)OCC1c2ccccc2-c2ccccc21)C(=O)NC1CC(C(=O)O)C1. The van der Waals surface area contributed by atoms with Crippen LogP contribution >= 0.6 is 0 Å². The lowest BCUT2D eigenvalue weighted by Gasteiger charge is -2.35. The van der Waals surface area contributed by atoms with Gasteiger partial charge in [-0.15, -0.1) is 0 Å². The zero-order valence-corrected chi connectivity index (χ0v) is 17.6. The van der Waals surface area contributed by atoms with Crippen molar-refractivity contribution in [2.45, 2.75) is 44.2 Å². The Morgan fingerprint density at radius 1 is 1.00 bits per heavy atom. The summed E-state index contributed by atoms with van der Waals surface area (Å²) in [7, 11) is 0. The number of benzene rings is 2. The van der Waals surface area contributed by atoms with Crippen molar-refractivity contribution in [1.29, 1.82) is 0 Å². The van der Waals surface area contributed by atoms with Crippen LogP contribution in [0.5, 0.6) is 0 Å². The van der Waals surface area contributed by atoms with Gasteiger partial charge in [-0.05, 0) is 48.9 Å². The fourth-order valence-corrected chi connectivity index (χ4v) is 4.25. The van der Waals surface area contributed by atoms with Gasteiger partial charge in [0, 0.05) is 12.0 Å². The van der Waals surface area contributed by atoms with Crippen molar-refractivity contribution >= 4 is 18.0 Å². The molecule has 2 aliphatic carbocycles. The maximum absolute atomic E-state index is 12.5. The topological polar surface area (TPSA) is 105 Å². The van der Waals surface area contributed by atoms with Crippen LogP contribution in [0.1, 0.15) is 43.7 Å². The second-order valence-corrected chi connectivity index (χ2v) is 8.75. The Bertz CT molecular complexity index is 981. The van der Waals surface area contributed by atoms with E-state index in [4.69, 9.17) is 9.84 Å². The molecule has 4 rings (SSSR count). The number of hydrogen-bond donors (Lipinski definition) is 3. The maximum Gasteiger partial charge on any atom is 0.408 e. The van der Waals surface area contributed by atoms with Gasteiger partial charge in [-0.2, -0.15) is 0 Å². The number of carboxylic acid groups (broad SMARTS) is 1. The molecule has 2 amide bonds. The zero-order valence-electron chi connectivity index (χ0n) is 17.6. The largest absolute Gasteiger partial charge is 0.481 e. The van der Waals surface area contributed by atoms with Gasteiger partial charge >= 0.3 is 12.1 Å². The van der Waals surface area contributed by atoms with Gasteiger partial charge in [-0.25, -0.2) is 4.79 Å². The van der Waals surface area contributed by atoms with Gasteiger partial charge in [0.05, 0.1) is 5.92 Å². The lowest BCUT2D eigenvalue weighted by molar-refractivity contribution is -0.146. The van der Waals surface area contributed by atoms with E-state index in [-0.39, 0.29) is 24.5 Å². The molecule has 0 unspecified atom stereocenters. The molecule has 2 aliphatic rings. The van der Waals surface area contributed by atoms with Gasteiger partial charge in [-0.1, -0.05) is 48.5 Å². The minimum absolute atomic E-state index is 0.0574. The minimum Gasteiger partial charge on any atom is -0.481 e. The lowest BCUT2D eigenvalue weighted by Crippen LogP contribution is -2.59. The van der Waals surface area contributed by atoms with E-state index in [1.807, 2.05) is 36.4 Å². The van der Waals surface area contributed by atoms with E-state index in [1.54, 1.807) is 13.8 Å². The van der Waals surface area contributed by atoms with Crippen molar-refractivity contribution in [3.8, 4) is 11.1 Å². The molecular weight excluding hydrogens is 396 g/mol. The number of ether oxygens (including phenoxy) is 1. The van der Waals surface area contributed by atoms with Crippen LogP contribution in [-0.2, 0) is 14.3 Å². The second-order valence-electron chi connectivity index (χ2n) is 8.75. The summed E-state index contributed by atoms with van der Waals surface area (Å²) in [6, 6.07) is 16.0. The quantitative estimate of drug-likeness (QED) is 0.663.